The normalized spacial score (nSPS) is 11.8. The quantitative estimate of drug-likeness (QED) is 0.561. The molecule has 28 heavy (non-hydrogen) atoms. The maximum atomic E-state index is 12.4. The lowest BCUT2D eigenvalue weighted by molar-refractivity contribution is -0.113. The van der Waals surface area contributed by atoms with Crippen LogP contribution in [0.25, 0.3) is 0 Å². The lowest BCUT2D eigenvalue weighted by atomic mass is 9.99. The Morgan fingerprint density at radius 3 is 2.79 bits per heavy atom. The number of carbonyl (C=O) groups is 2. The van der Waals surface area contributed by atoms with Gasteiger partial charge in [-0.3, -0.25) is 9.59 Å². The number of aromatic nitrogens is 3. The molecular weight excluding hydrogens is 374 g/mol. The standard InChI is InChI=1S/C20H29N5O2S/c1-4-6-8-15(5-2)12-21-19(27)16-9-7-10-17(11-16)23-18(26)13-28-20-24-22-14-25(20)3/h7,9-11,14-15H,4-6,8,12-13H2,1-3H3,(H,21,27)(H,23,26). The molecule has 0 aliphatic carbocycles. The molecule has 1 aromatic carbocycles. The molecule has 1 unspecified atom stereocenters. The van der Waals surface area contributed by atoms with Crippen LogP contribution in [0.1, 0.15) is 49.9 Å². The summed E-state index contributed by atoms with van der Waals surface area (Å²) in [6, 6.07) is 7.01. The van der Waals surface area contributed by atoms with E-state index in [1.807, 2.05) is 7.05 Å². The Labute approximate surface area is 170 Å². The number of carbonyl (C=O) groups excluding carboxylic acids is 2. The smallest absolute Gasteiger partial charge is 0.251 e. The summed E-state index contributed by atoms with van der Waals surface area (Å²) in [5, 5.41) is 14.2. The summed E-state index contributed by atoms with van der Waals surface area (Å²) < 4.78 is 1.76. The summed E-state index contributed by atoms with van der Waals surface area (Å²) in [6.45, 7) is 5.01. The van der Waals surface area contributed by atoms with Crippen molar-refractivity contribution in [1.82, 2.24) is 20.1 Å². The van der Waals surface area contributed by atoms with Gasteiger partial charge in [0.05, 0.1) is 5.75 Å². The highest BCUT2D eigenvalue weighted by Gasteiger charge is 2.12. The van der Waals surface area contributed by atoms with Crippen LogP contribution < -0.4 is 10.6 Å². The minimum Gasteiger partial charge on any atom is -0.352 e. The van der Waals surface area contributed by atoms with Crippen LogP contribution in [0.15, 0.2) is 35.7 Å². The summed E-state index contributed by atoms with van der Waals surface area (Å²) in [7, 11) is 1.83. The number of rotatable bonds is 11. The van der Waals surface area contributed by atoms with Gasteiger partial charge < -0.3 is 15.2 Å². The molecule has 0 aliphatic rings. The molecule has 0 spiro atoms. The number of hydrogen-bond acceptors (Lipinski definition) is 5. The topological polar surface area (TPSA) is 88.9 Å². The van der Waals surface area contributed by atoms with Gasteiger partial charge in [-0.15, -0.1) is 10.2 Å². The van der Waals surface area contributed by atoms with E-state index in [0.29, 0.717) is 28.9 Å². The van der Waals surface area contributed by atoms with E-state index in [9.17, 15) is 9.59 Å². The Kier molecular flexibility index (Phi) is 9.00. The molecule has 2 N–H and O–H groups in total. The van der Waals surface area contributed by atoms with E-state index in [-0.39, 0.29) is 17.6 Å². The van der Waals surface area contributed by atoms with E-state index in [0.717, 1.165) is 12.8 Å². The zero-order valence-electron chi connectivity index (χ0n) is 16.8. The second-order valence-electron chi connectivity index (χ2n) is 6.77. The highest BCUT2D eigenvalue weighted by molar-refractivity contribution is 7.99. The highest BCUT2D eigenvalue weighted by atomic mass is 32.2. The van der Waals surface area contributed by atoms with Gasteiger partial charge in [0.2, 0.25) is 5.91 Å². The molecule has 8 heteroatoms. The van der Waals surface area contributed by atoms with Gasteiger partial charge in [-0.2, -0.15) is 0 Å². The third-order valence-electron chi connectivity index (χ3n) is 4.51. The second kappa shape index (κ2) is 11.5. The van der Waals surface area contributed by atoms with Crippen LogP contribution in [-0.2, 0) is 11.8 Å². The predicted molar refractivity (Wildman–Crippen MR) is 112 cm³/mol. The molecule has 2 aromatic rings. The number of anilines is 1. The molecular formula is C20H29N5O2S. The van der Waals surface area contributed by atoms with E-state index in [1.54, 1.807) is 35.2 Å². The van der Waals surface area contributed by atoms with Crippen LogP contribution in [-0.4, -0.2) is 38.9 Å². The van der Waals surface area contributed by atoms with Crippen molar-refractivity contribution >= 4 is 29.3 Å². The van der Waals surface area contributed by atoms with Crippen LogP contribution in [0.3, 0.4) is 0 Å². The molecule has 0 saturated carbocycles. The minimum atomic E-state index is -0.156. The number of amides is 2. The molecule has 1 atom stereocenters. The molecule has 1 heterocycles. The van der Waals surface area contributed by atoms with Crippen molar-refractivity contribution in [1.29, 1.82) is 0 Å². The van der Waals surface area contributed by atoms with Crippen molar-refractivity contribution in [2.24, 2.45) is 13.0 Å². The second-order valence-corrected chi connectivity index (χ2v) is 7.71. The fourth-order valence-corrected chi connectivity index (χ4v) is 3.44. The minimum absolute atomic E-state index is 0.112. The molecule has 0 fully saturated rings. The number of unbranched alkanes of at least 4 members (excludes halogenated alkanes) is 1. The Morgan fingerprint density at radius 2 is 2.11 bits per heavy atom. The first-order valence-corrected chi connectivity index (χ1v) is 10.7. The molecule has 7 nitrogen and oxygen atoms in total. The molecule has 0 aliphatic heterocycles. The summed E-state index contributed by atoms with van der Waals surface area (Å²) in [4.78, 5) is 24.6. The Morgan fingerprint density at radius 1 is 1.29 bits per heavy atom. The largest absolute Gasteiger partial charge is 0.352 e. The Balaban J connectivity index is 1.85. The van der Waals surface area contributed by atoms with E-state index >= 15 is 0 Å². The number of benzene rings is 1. The van der Waals surface area contributed by atoms with Gasteiger partial charge in [0.1, 0.15) is 6.33 Å². The summed E-state index contributed by atoms with van der Waals surface area (Å²) >= 11 is 1.31. The Bertz CT molecular complexity index is 777. The summed E-state index contributed by atoms with van der Waals surface area (Å²) in [5.41, 5.74) is 1.15. The van der Waals surface area contributed by atoms with Crippen LogP contribution in [0.2, 0.25) is 0 Å². The van der Waals surface area contributed by atoms with E-state index in [2.05, 4.69) is 34.7 Å². The first kappa shape index (κ1) is 21.9. The van der Waals surface area contributed by atoms with Gasteiger partial charge >= 0.3 is 0 Å². The van der Waals surface area contributed by atoms with Gasteiger partial charge in [0, 0.05) is 24.8 Å². The Hall–Kier alpha value is -2.35. The zero-order valence-corrected chi connectivity index (χ0v) is 17.6. The number of nitrogens with one attached hydrogen (secondary N) is 2. The first-order valence-electron chi connectivity index (χ1n) is 9.68. The van der Waals surface area contributed by atoms with E-state index in [1.165, 1.54) is 24.6 Å². The van der Waals surface area contributed by atoms with Crippen molar-refractivity contribution < 1.29 is 9.59 Å². The molecule has 0 radical (unpaired) electrons. The SMILES string of the molecule is CCCCC(CC)CNC(=O)c1cccc(NC(=O)CSc2nncn2C)c1. The fraction of sp³-hybridized carbons (Fsp3) is 0.500. The number of hydrogen-bond donors (Lipinski definition) is 2. The maximum Gasteiger partial charge on any atom is 0.251 e. The maximum absolute atomic E-state index is 12.4. The average Bonchev–Trinajstić information content (AvgIpc) is 3.11. The molecule has 2 rings (SSSR count). The van der Waals surface area contributed by atoms with Crippen molar-refractivity contribution in [3.63, 3.8) is 0 Å². The monoisotopic (exact) mass is 403 g/mol. The molecule has 0 saturated heterocycles. The van der Waals surface area contributed by atoms with Gasteiger partial charge in [-0.05, 0) is 30.5 Å². The van der Waals surface area contributed by atoms with Crippen molar-refractivity contribution in [3.8, 4) is 0 Å². The molecule has 2 amide bonds. The summed E-state index contributed by atoms with van der Waals surface area (Å²) in [6.07, 6.45) is 6.13. The van der Waals surface area contributed by atoms with Crippen molar-refractivity contribution in [2.45, 2.75) is 44.7 Å². The van der Waals surface area contributed by atoms with E-state index < -0.39 is 0 Å². The first-order chi connectivity index (χ1) is 13.5. The van der Waals surface area contributed by atoms with Crippen LogP contribution in [0.5, 0.6) is 0 Å². The van der Waals surface area contributed by atoms with Crippen LogP contribution in [0.4, 0.5) is 5.69 Å². The lowest BCUT2D eigenvalue weighted by Crippen LogP contribution is -2.29. The van der Waals surface area contributed by atoms with Gasteiger partial charge in [0.15, 0.2) is 5.16 Å². The van der Waals surface area contributed by atoms with Crippen molar-refractivity contribution in [2.75, 3.05) is 17.6 Å². The number of thioether (sulfide) groups is 1. The average molecular weight is 404 g/mol. The van der Waals surface area contributed by atoms with Crippen LogP contribution >= 0.6 is 11.8 Å². The number of nitrogens with zero attached hydrogens (tertiary/aromatic N) is 3. The zero-order chi connectivity index (χ0) is 20.4. The third kappa shape index (κ3) is 6.99. The van der Waals surface area contributed by atoms with Crippen molar-refractivity contribution in [3.05, 3.63) is 36.2 Å². The van der Waals surface area contributed by atoms with E-state index in [4.69, 9.17) is 0 Å². The third-order valence-corrected chi connectivity index (χ3v) is 5.54. The molecule has 1 aromatic heterocycles. The predicted octanol–water partition coefficient (Wildman–Crippen LogP) is 3.49. The highest BCUT2D eigenvalue weighted by Crippen LogP contribution is 2.16. The fourth-order valence-electron chi connectivity index (χ4n) is 2.75. The van der Waals surface area contributed by atoms with Gasteiger partial charge in [-0.1, -0.05) is 50.9 Å². The van der Waals surface area contributed by atoms with Crippen LogP contribution in [0, 0.1) is 5.92 Å². The molecule has 0 bridgehead atoms. The lowest BCUT2D eigenvalue weighted by Gasteiger charge is -2.15. The van der Waals surface area contributed by atoms with Gasteiger partial charge in [-0.25, -0.2) is 0 Å². The van der Waals surface area contributed by atoms with Gasteiger partial charge in [0.25, 0.3) is 5.91 Å². The number of aryl methyl sites for hydroxylation is 1. The molecule has 152 valence electrons. The summed E-state index contributed by atoms with van der Waals surface area (Å²) in [5.74, 6) is 0.457.